The molecule has 0 saturated carbocycles. The van der Waals surface area contributed by atoms with Crippen LogP contribution in [0.3, 0.4) is 0 Å². The SMILES string of the molecule is NC(=S)c1cccnc1Nc1cc(Cl)ccc1Br. The van der Waals surface area contributed by atoms with E-state index in [9.17, 15) is 0 Å². The summed E-state index contributed by atoms with van der Waals surface area (Å²) in [6, 6.07) is 9.05. The first-order chi connectivity index (χ1) is 8.58. The minimum atomic E-state index is 0.295. The topological polar surface area (TPSA) is 50.9 Å². The molecule has 1 aromatic carbocycles. The van der Waals surface area contributed by atoms with Crippen molar-refractivity contribution < 1.29 is 0 Å². The van der Waals surface area contributed by atoms with E-state index >= 15 is 0 Å². The van der Waals surface area contributed by atoms with Gasteiger partial charge in [-0.3, -0.25) is 0 Å². The lowest BCUT2D eigenvalue weighted by molar-refractivity contribution is 1.29. The predicted molar refractivity (Wildman–Crippen MR) is 82.6 cm³/mol. The smallest absolute Gasteiger partial charge is 0.140 e. The number of halogens is 2. The van der Waals surface area contributed by atoms with Crippen molar-refractivity contribution >= 4 is 56.2 Å². The Bertz CT molecular complexity index is 604. The van der Waals surface area contributed by atoms with E-state index in [1.54, 1.807) is 24.4 Å². The third-order valence-electron chi connectivity index (χ3n) is 2.25. The molecule has 0 aliphatic heterocycles. The molecule has 92 valence electrons. The Morgan fingerprint density at radius 2 is 2.17 bits per heavy atom. The van der Waals surface area contributed by atoms with Gasteiger partial charge in [0.25, 0.3) is 0 Å². The van der Waals surface area contributed by atoms with Gasteiger partial charge in [-0.05, 0) is 46.3 Å². The maximum Gasteiger partial charge on any atom is 0.140 e. The summed E-state index contributed by atoms with van der Waals surface area (Å²) in [6.45, 7) is 0. The molecule has 0 atom stereocenters. The van der Waals surface area contributed by atoms with Crippen molar-refractivity contribution in [2.45, 2.75) is 0 Å². The zero-order chi connectivity index (χ0) is 13.1. The average Bonchev–Trinajstić information content (AvgIpc) is 2.34. The Morgan fingerprint density at radius 3 is 2.89 bits per heavy atom. The van der Waals surface area contributed by atoms with Crippen LogP contribution in [0.15, 0.2) is 41.0 Å². The second-order valence-corrected chi connectivity index (χ2v) is 5.24. The van der Waals surface area contributed by atoms with Crippen LogP contribution in [0.4, 0.5) is 11.5 Å². The van der Waals surface area contributed by atoms with Gasteiger partial charge in [-0.15, -0.1) is 0 Å². The number of hydrogen-bond donors (Lipinski definition) is 2. The first-order valence-electron chi connectivity index (χ1n) is 5.05. The third-order valence-corrected chi connectivity index (χ3v) is 3.40. The first-order valence-corrected chi connectivity index (χ1v) is 6.63. The highest BCUT2D eigenvalue weighted by Gasteiger charge is 2.08. The minimum absolute atomic E-state index is 0.295. The maximum absolute atomic E-state index is 5.95. The van der Waals surface area contributed by atoms with Crippen LogP contribution in [0.5, 0.6) is 0 Å². The molecule has 0 fully saturated rings. The van der Waals surface area contributed by atoms with Gasteiger partial charge in [0.2, 0.25) is 0 Å². The van der Waals surface area contributed by atoms with Crippen molar-refractivity contribution in [2.24, 2.45) is 5.73 Å². The van der Waals surface area contributed by atoms with E-state index in [0.717, 1.165) is 10.2 Å². The van der Waals surface area contributed by atoms with Gasteiger partial charge in [-0.1, -0.05) is 23.8 Å². The van der Waals surface area contributed by atoms with Gasteiger partial charge in [0.05, 0.1) is 11.3 Å². The van der Waals surface area contributed by atoms with Gasteiger partial charge < -0.3 is 11.1 Å². The summed E-state index contributed by atoms with van der Waals surface area (Å²) >= 11 is 14.4. The highest BCUT2D eigenvalue weighted by molar-refractivity contribution is 9.10. The molecular weight excluding hydrogens is 334 g/mol. The number of rotatable bonds is 3. The molecule has 0 saturated heterocycles. The van der Waals surface area contributed by atoms with Gasteiger partial charge in [0, 0.05) is 15.7 Å². The molecule has 0 radical (unpaired) electrons. The first kappa shape index (κ1) is 13.3. The standard InChI is InChI=1S/C12H9BrClN3S/c13-9-4-3-7(14)6-10(9)17-12-8(11(15)18)2-1-5-16-12/h1-6H,(H2,15,18)(H,16,17). The van der Waals surface area contributed by atoms with Crippen LogP contribution in [0, 0.1) is 0 Å². The number of benzene rings is 1. The minimum Gasteiger partial charge on any atom is -0.389 e. The van der Waals surface area contributed by atoms with E-state index in [-0.39, 0.29) is 0 Å². The number of nitrogens with one attached hydrogen (secondary N) is 1. The molecule has 0 spiro atoms. The number of pyridine rings is 1. The number of nitrogens with zero attached hydrogens (tertiary/aromatic N) is 1. The van der Waals surface area contributed by atoms with E-state index in [1.807, 2.05) is 12.1 Å². The average molecular weight is 343 g/mol. The molecule has 2 aromatic rings. The Morgan fingerprint density at radius 1 is 1.39 bits per heavy atom. The van der Waals surface area contributed by atoms with Crippen molar-refractivity contribution in [1.82, 2.24) is 4.98 Å². The van der Waals surface area contributed by atoms with Crippen LogP contribution in [0.2, 0.25) is 5.02 Å². The van der Waals surface area contributed by atoms with E-state index in [1.165, 1.54) is 0 Å². The Labute approximate surface area is 123 Å². The van der Waals surface area contributed by atoms with Gasteiger partial charge in [-0.2, -0.15) is 0 Å². The lowest BCUT2D eigenvalue weighted by atomic mass is 10.2. The summed E-state index contributed by atoms with van der Waals surface area (Å²) in [4.78, 5) is 4.52. The third kappa shape index (κ3) is 2.98. The molecule has 18 heavy (non-hydrogen) atoms. The van der Waals surface area contributed by atoms with Gasteiger partial charge in [0.15, 0.2) is 0 Å². The molecule has 3 N–H and O–H groups in total. The molecule has 6 heteroatoms. The Balaban J connectivity index is 2.40. The van der Waals surface area contributed by atoms with Crippen molar-refractivity contribution in [2.75, 3.05) is 5.32 Å². The highest BCUT2D eigenvalue weighted by atomic mass is 79.9. The highest BCUT2D eigenvalue weighted by Crippen LogP contribution is 2.29. The van der Waals surface area contributed by atoms with Crippen LogP contribution >= 0.6 is 39.7 Å². The molecule has 0 amide bonds. The lowest BCUT2D eigenvalue weighted by Gasteiger charge is -2.11. The summed E-state index contributed by atoms with van der Waals surface area (Å²) in [6.07, 6.45) is 1.67. The van der Waals surface area contributed by atoms with E-state index in [4.69, 9.17) is 29.6 Å². The monoisotopic (exact) mass is 341 g/mol. The largest absolute Gasteiger partial charge is 0.389 e. The normalized spacial score (nSPS) is 10.1. The van der Waals surface area contributed by atoms with Crippen molar-refractivity contribution in [3.8, 4) is 0 Å². The molecule has 0 bridgehead atoms. The van der Waals surface area contributed by atoms with Gasteiger partial charge in [-0.25, -0.2) is 4.98 Å². The summed E-state index contributed by atoms with van der Waals surface area (Å²) in [5.41, 5.74) is 7.15. The molecule has 1 heterocycles. The fourth-order valence-electron chi connectivity index (χ4n) is 1.42. The number of anilines is 2. The molecule has 0 aliphatic rings. The number of thiocarbonyl (C=S) groups is 1. The fourth-order valence-corrected chi connectivity index (χ4v) is 2.11. The Kier molecular flexibility index (Phi) is 4.16. The summed E-state index contributed by atoms with van der Waals surface area (Å²) in [7, 11) is 0. The molecule has 0 aliphatic carbocycles. The van der Waals surface area contributed by atoms with Crippen LogP contribution in [0.25, 0.3) is 0 Å². The number of nitrogens with two attached hydrogens (primary N) is 1. The molecular formula is C12H9BrClN3S. The van der Waals surface area contributed by atoms with E-state index in [0.29, 0.717) is 21.4 Å². The predicted octanol–water partition coefficient (Wildman–Crippen LogP) is 3.88. The van der Waals surface area contributed by atoms with Crippen LogP contribution < -0.4 is 11.1 Å². The number of hydrogen-bond acceptors (Lipinski definition) is 3. The van der Waals surface area contributed by atoms with Crippen LogP contribution in [-0.2, 0) is 0 Å². The second-order valence-electron chi connectivity index (χ2n) is 3.51. The molecule has 2 rings (SSSR count). The van der Waals surface area contributed by atoms with Crippen LogP contribution in [0.1, 0.15) is 5.56 Å². The fraction of sp³-hybridized carbons (Fsp3) is 0. The lowest BCUT2D eigenvalue weighted by Crippen LogP contribution is -2.12. The molecule has 1 aromatic heterocycles. The van der Waals surface area contributed by atoms with Crippen molar-refractivity contribution in [3.63, 3.8) is 0 Å². The quantitative estimate of drug-likeness (QED) is 0.831. The van der Waals surface area contributed by atoms with E-state index in [2.05, 4.69) is 26.2 Å². The maximum atomic E-state index is 5.95. The molecule has 0 unspecified atom stereocenters. The summed E-state index contributed by atoms with van der Waals surface area (Å²) < 4.78 is 0.881. The number of aromatic nitrogens is 1. The second kappa shape index (κ2) is 5.65. The summed E-state index contributed by atoms with van der Waals surface area (Å²) in [5.74, 6) is 0.605. The van der Waals surface area contributed by atoms with Gasteiger partial charge in [0.1, 0.15) is 10.8 Å². The molecule has 3 nitrogen and oxygen atoms in total. The van der Waals surface area contributed by atoms with Gasteiger partial charge >= 0.3 is 0 Å². The van der Waals surface area contributed by atoms with Crippen LogP contribution in [-0.4, -0.2) is 9.97 Å². The van der Waals surface area contributed by atoms with E-state index < -0.39 is 0 Å². The zero-order valence-corrected chi connectivity index (χ0v) is 12.3. The Hall–Kier alpha value is -1.17. The van der Waals surface area contributed by atoms with Crippen molar-refractivity contribution in [3.05, 3.63) is 51.6 Å². The summed E-state index contributed by atoms with van der Waals surface area (Å²) in [5, 5.41) is 3.79. The zero-order valence-electron chi connectivity index (χ0n) is 9.15. The van der Waals surface area contributed by atoms with Crippen molar-refractivity contribution in [1.29, 1.82) is 0 Å².